The number of nitrogens with zero attached hydrogens (tertiary/aromatic N) is 3. The van der Waals surface area contributed by atoms with Crippen molar-refractivity contribution in [1.29, 1.82) is 0 Å². The Balaban J connectivity index is 0.000000192. The molecule has 4 N–H and O–H groups in total. The molecule has 0 atom stereocenters. The van der Waals surface area contributed by atoms with E-state index in [4.69, 9.17) is 15.8 Å². The van der Waals surface area contributed by atoms with E-state index in [2.05, 4.69) is 9.97 Å². The van der Waals surface area contributed by atoms with Gasteiger partial charge in [-0.1, -0.05) is 83.3 Å². The van der Waals surface area contributed by atoms with Crippen molar-refractivity contribution in [3.63, 3.8) is 0 Å². The van der Waals surface area contributed by atoms with Gasteiger partial charge in [0, 0.05) is 11.1 Å². The number of rotatable bonds is 3. The predicted molar refractivity (Wildman–Crippen MR) is 145 cm³/mol. The van der Waals surface area contributed by atoms with Gasteiger partial charge in [-0.05, 0) is 36.4 Å². The molecule has 0 radical (unpaired) electrons. The molecule has 0 fully saturated rings. The number of anilines is 1. The summed E-state index contributed by atoms with van der Waals surface area (Å²) in [4.78, 5) is 13.4. The van der Waals surface area contributed by atoms with Crippen LogP contribution in [0.1, 0.15) is 11.1 Å². The molecule has 4 aromatic carbocycles. The second-order valence-electron chi connectivity index (χ2n) is 7.55. The first-order valence-electron chi connectivity index (χ1n) is 10.7. The average molecular weight is 497 g/mol. The molecule has 0 aliphatic heterocycles. The van der Waals surface area contributed by atoms with Crippen LogP contribution in [0.5, 0.6) is 11.5 Å². The van der Waals surface area contributed by atoms with Gasteiger partial charge in [0.05, 0.1) is 26.1 Å². The summed E-state index contributed by atoms with van der Waals surface area (Å²) in [7, 11) is 0. The number of hydrogen-bond donors (Lipinski definition) is 3. The van der Waals surface area contributed by atoms with Crippen LogP contribution in [0.3, 0.4) is 0 Å². The third kappa shape index (κ3) is 5.29. The van der Waals surface area contributed by atoms with Gasteiger partial charge in [0.25, 0.3) is 0 Å². The Morgan fingerprint density at radius 1 is 0.657 bits per heavy atom. The summed E-state index contributed by atoms with van der Waals surface area (Å²) in [5.74, 6) is 0.495. The van der Waals surface area contributed by atoms with Crippen molar-refractivity contribution in [1.82, 2.24) is 9.97 Å². The van der Waals surface area contributed by atoms with Crippen LogP contribution < -0.4 is 5.73 Å². The highest BCUT2D eigenvalue weighted by atomic mass is 32.1. The third-order valence-electron chi connectivity index (χ3n) is 5.05. The Labute approximate surface area is 209 Å². The number of aromatic hydroxyl groups is 2. The van der Waals surface area contributed by atoms with Crippen molar-refractivity contribution >= 4 is 59.1 Å². The van der Waals surface area contributed by atoms with Gasteiger partial charge in [0.2, 0.25) is 5.13 Å². The second kappa shape index (κ2) is 9.92. The quantitative estimate of drug-likeness (QED) is 0.235. The molecule has 35 heavy (non-hydrogen) atoms. The smallest absolute Gasteiger partial charge is 0.210 e. The molecule has 0 amide bonds. The Morgan fingerprint density at radius 3 is 1.74 bits per heavy atom. The minimum absolute atomic E-state index is 0.244. The molecule has 6 aromatic rings. The van der Waals surface area contributed by atoms with E-state index in [1.165, 1.54) is 22.7 Å². The van der Waals surface area contributed by atoms with Crippen molar-refractivity contribution in [3.8, 4) is 11.5 Å². The van der Waals surface area contributed by atoms with E-state index in [0.29, 0.717) is 10.3 Å². The zero-order chi connectivity index (χ0) is 24.2. The Morgan fingerprint density at radius 2 is 1.17 bits per heavy atom. The Kier molecular flexibility index (Phi) is 6.38. The van der Waals surface area contributed by atoms with Gasteiger partial charge >= 0.3 is 0 Å². The molecular weight excluding hydrogens is 476 g/mol. The van der Waals surface area contributed by atoms with Crippen LogP contribution >= 0.6 is 22.7 Å². The number of hydrogen-bond acceptors (Lipinski definition) is 8. The Hall–Kier alpha value is -4.27. The average Bonchev–Trinajstić information content (AvgIpc) is 3.45. The van der Waals surface area contributed by atoms with E-state index in [-0.39, 0.29) is 11.5 Å². The summed E-state index contributed by atoms with van der Waals surface area (Å²) in [5, 5.41) is 19.9. The van der Waals surface area contributed by atoms with Crippen LogP contribution in [0, 0.1) is 0 Å². The predicted octanol–water partition coefficient (Wildman–Crippen LogP) is 6.76. The van der Waals surface area contributed by atoms with Gasteiger partial charge in [0.15, 0.2) is 5.13 Å². The molecule has 0 aliphatic rings. The van der Waals surface area contributed by atoms with Crippen LogP contribution in [0.4, 0.5) is 10.3 Å². The molecule has 2 aromatic heterocycles. The molecule has 172 valence electrons. The van der Waals surface area contributed by atoms with E-state index < -0.39 is 0 Å². The zero-order valence-corrected chi connectivity index (χ0v) is 20.0. The van der Waals surface area contributed by atoms with Crippen LogP contribution in [-0.2, 0) is 0 Å². The van der Waals surface area contributed by atoms with E-state index in [1.54, 1.807) is 30.3 Å². The van der Waals surface area contributed by atoms with Gasteiger partial charge in [-0.3, -0.25) is 0 Å². The minimum atomic E-state index is 0.244. The number of aromatic nitrogens is 2. The van der Waals surface area contributed by atoms with Crippen LogP contribution in [-0.4, -0.2) is 25.9 Å². The lowest BCUT2D eigenvalue weighted by molar-refractivity contribution is 0.475. The van der Waals surface area contributed by atoms with Crippen molar-refractivity contribution < 1.29 is 10.2 Å². The standard InChI is InChI=1S/C20H14N2OS.C7H6N2OS/c23-16-11-12-17-18(13-16)24-20(21-17)22-19(14-7-3-1-4-8-14)15-9-5-2-6-10-15;8-7-9-5-2-1-4(10)3-6(5)11-7/h1-13,23H;1-3,10H,(H2,8,9). The van der Waals surface area contributed by atoms with Gasteiger partial charge in [-0.25, -0.2) is 15.0 Å². The topological polar surface area (TPSA) is 105 Å². The van der Waals surface area contributed by atoms with Crippen LogP contribution in [0.15, 0.2) is 102 Å². The molecule has 6 nitrogen and oxygen atoms in total. The first kappa shape index (κ1) is 22.5. The molecule has 0 saturated carbocycles. The van der Waals surface area contributed by atoms with E-state index >= 15 is 0 Å². The first-order valence-corrected chi connectivity index (χ1v) is 12.3. The largest absolute Gasteiger partial charge is 0.508 e. The molecule has 0 bridgehead atoms. The van der Waals surface area contributed by atoms with Crippen molar-refractivity contribution in [2.24, 2.45) is 4.99 Å². The highest BCUT2D eigenvalue weighted by Crippen LogP contribution is 2.31. The van der Waals surface area contributed by atoms with Crippen molar-refractivity contribution in [2.45, 2.75) is 0 Å². The fourth-order valence-electron chi connectivity index (χ4n) is 3.46. The maximum atomic E-state index is 9.62. The highest BCUT2D eigenvalue weighted by molar-refractivity contribution is 7.22. The van der Waals surface area contributed by atoms with Gasteiger partial charge in [-0.15, -0.1) is 0 Å². The summed E-state index contributed by atoms with van der Waals surface area (Å²) in [5.41, 5.74) is 10.1. The number of benzene rings is 4. The van der Waals surface area contributed by atoms with Crippen molar-refractivity contribution in [3.05, 3.63) is 108 Å². The summed E-state index contributed by atoms with van der Waals surface area (Å²) in [6, 6.07) is 30.4. The lowest BCUT2D eigenvalue weighted by Gasteiger charge is -2.06. The summed E-state index contributed by atoms with van der Waals surface area (Å²) in [6.07, 6.45) is 0. The maximum absolute atomic E-state index is 9.62. The summed E-state index contributed by atoms with van der Waals surface area (Å²) in [6.45, 7) is 0. The summed E-state index contributed by atoms with van der Waals surface area (Å²) >= 11 is 2.84. The lowest BCUT2D eigenvalue weighted by atomic mass is 10.0. The number of fused-ring (bicyclic) bond motifs is 2. The van der Waals surface area contributed by atoms with E-state index in [1.807, 2.05) is 66.7 Å². The third-order valence-corrected chi connectivity index (χ3v) is 6.81. The van der Waals surface area contributed by atoms with E-state index in [9.17, 15) is 5.11 Å². The molecular formula is C27H20N4O2S2. The lowest BCUT2D eigenvalue weighted by Crippen LogP contribution is -2.02. The molecule has 6 rings (SSSR count). The molecule has 8 heteroatoms. The van der Waals surface area contributed by atoms with Crippen molar-refractivity contribution in [2.75, 3.05) is 5.73 Å². The number of nitrogens with two attached hydrogens (primary N) is 1. The fraction of sp³-hybridized carbons (Fsp3) is 0. The first-order chi connectivity index (χ1) is 17.0. The molecule has 0 spiro atoms. The maximum Gasteiger partial charge on any atom is 0.210 e. The van der Waals surface area contributed by atoms with E-state index in [0.717, 1.165) is 37.3 Å². The van der Waals surface area contributed by atoms with Crippen LogP contribution in [0.2, 0.25) is 0 Å². The normalized spacial score (nSPS) is 10.6. The number of phenolic OH excluding ortho intramolecular Hbond substituents is 2. The zero-order valence-electron chi connectivity index (χ0n) is 18.4. The van der Waals surface area contributed by atoms with Gasteiger partial charge < -0.3 is 15.9 Å². The number of thiazole rings is 2. The molecule has 0 aliphatic carbocycles. The number of nitrogen functional groups attached to an aromatic ring is 1. The molecule has 0 unspecified atom stereocenters. The van der Waals surface area contributed by atoms with Gasteiger partial charge in [-0.2, -0.15) is 0 Å². The molecule has 2 heterocycles. The van der Waals surface area contributed by atoms with Crippen LogP contribution in [0.25, 0.3) is 20.4 Å². The number of aliphatic imine (C=N–C) groups is 1. The monoisotopic (exact) mass is 496 g/mol. The molecule has 0 saturated heterocycles. The minimum Gasteiger partial charge on any atom is -0.508 e. The van der Waals surface area contributed by atoms with Gasteiger partial charge in [0.1, 0.15) is 11.5 Å². The second-order valence-corrected chi connectivity index (χ2v) is 9.62. The SMILES string of the molecule is Nc1nc2ccc(O)cc2s1.Oc1ccc2nc(N=C(c3ccccc3)c3ccccc3)sc2c1. The summed E-state index contributed by atoms with van der Waals surface area (Å²) < 4.78 is 1.84. The fourth-order valence-corrected chi connectivity index (χ4v) is 5.11. The highest BCUT2D eigenvalue weighted by Gasteiger charge is 2.10. The Bertz CT molecular complexity index is 1590. The number of phenols is 2.